The third-order valence-corrected chi connectivity index (χ3v) is 4.87. The standard InChI is InChI=1S/C22H26N2O2/c1-18-7-5-8-19(17-18)11-12-21(25)23-13-6-14-24(16-15-23)22(26)20-9-3-2-4-10-20/h2-5,7-10,17H,6,11-16H2,1H3. The Bertz CT molecular complexity index is 758. The Hall–Kier alpha value is -2.62. The van der Waals surface area contributed by atoms with E-state index >= 15 is 0 Å². The van der Waals surface area contributed by atoms with Crippen LogP contribution in [0.2, 0.25) is 0 Å². The molecule has 1 aliphatic heterocycles. The Labute approximate surface area is 155 Å². The molecule has 3 rings (SSSR count). The monoisotopic (exact) mass is 350 g/mol. The van der Waals surface area contributed by atoms with Crippen molar-refractivity contribution in [2.75, 3.05) is 26.2 Å². The highest BCUT2D eigenvalue weighted by molar-refractivity contribution is 5.94. The molecule has 2 aromatic rings. The molecule has 0 radical (unpaired) electrons. The number of hydrogen-bond donors (Lipinski definition) is 0. The molecule has 1 saturated heterocycles. The van der Waals surface area contributed by atoms with Gasteiger partial charge in [0.15, 0.2) is 0 Å². The van der Waals surface area contributed by atoms with Crippen LogP contribution in [0.25, 0.3) is 0 Å². The number of carbonyl (C=O) groups is 2. The van der Waals surface area contributed by atoms with Gasteiger partial charge < -0.3 is 9.80 Å². The molecule has 1 aliphatic rings. The highest BCUT2D eigenvalue weighted by atomic mass is 16.2. The maximum atomic E-state index is 12.6. The zero-order valence-electron chi connectivity index (χ0n) is 15.4. The minimum absolute atomic E-state index is 0.0552. The predicted molar refractivity (Wildman–Crippen MR) is 103 cm³/mol. The number of aryl methyl sites for hydroxylation is 2. The highest BCUT2D eigenvalue weighted by Crippen LogP contribution is 2.12. The van der Waals surface area contributed by atoms with Crippen LogP contribution in [-0.4, -0.2) is 47.8 Å². The summed E-state index contributed by atoms with van der Waals surface area (Å²) >= 11 is 0. The summed E-state index contributed by atoms with van der Waals surface area (Å²) in [5.74, 6) is 0.236. The molecule has 0 atom stereocenters. The summed E-state index contributed by atoms with van der Waals surface area (Å²) in [5, 5.41) is 0. The second kappa shape index (κ2) is 8.65. The van der Waals surface area contributed by atoms with Crippen molar-refractivity contribution in [1.82, 2.24) is 9.80 Å². The molecular formula is C22H26N2O2. The fraction of sp³-hybridized carbons (Fsp3) is 0.364. The van der Waals surface area contributed by atoms with Crippen LogP contribution in [0.4, 0.5) is 0 Å². The molecule has 0 unspecified atom stereocenters. The smallest absolute Gasteiger partial charge is 0.253 e. The third kappa shape index (κ3) is 4.72. The van der Waals surface area contributed by atoms with E-state index in [1.165, 1.54) is 11.1 Å². The first kappa shape index (κ1) is 18.2. The second-order valence-electron chi connectivity index (χ2n) is 6.88. The van der Waals surface area contributed by atoms with Gasteiger partial charge in [0.1, 0.15) is 0 Å². The number of amides is 2. The van der Waals surface area contributed by atoms with Crippen molar-refractivity contribution in [3.63, 3.8) is 0 Å². The average molecular weight is 350 g/mol. The van der Waals surface area contributed by atoms with Crippen LogP contribution in [0.1, 0.15) is 34.3 Å². The molecule has 0 bridgehead atoms. The lowest BCUT2D eigenvalue weighted by molar-refractivity contribution is -0.131. The van der Waals surface area contributed by atoms with E-state index in [9.17, 15) is 9.59 Å². The van der Waals surface area contributed by atoms with Crippen LogP contribution < -0.4 is 0 Å². The Kier molecular flexibility index (Phi) is 6.05. The van der Waals surface area contributed by atoms with Crippen LogP contribution in [0.5, 0.6) is 0 Å². The lowest BCUT2D eigenvalue weighted by Crippen LogP contribution is -2.37. The summed E-state index contributed by atoms with van der Waals surface area (Å²) in [6.07, 6.45) is 2.12. The second-order valence-corrected chi connectivity index (χ2v) is 6.88. The lowest BCUT2D eigenvalue weighted by atomic mass is 10.1. The first-order valence-corrected chi connectivity index (χ1v) is 9.31. The fourth-order valence-corrected chi connectivity index (χ4v) is 3.41. The number of benzene rings is 2. The van der Waals surface area contributed by atoms with Gasteiger partial charge in [-0.2, -0.15) is 0 Å². The minimum atomic E-state index is 0.0552. The zero-order valence-corrected chi connectivity index (χ0v) is 15.4. The number of nitrogens with zero attached hydrogens (tertiary/aromatic N) is 2. The van der Waals surface area contributed by atoms with Gasteiger partial charge in [0.05, 0.1) is 0 Å². The van der Waals surface area contributed by atoms with Gasteiger partial charge >= 0.3 is 0 Å². The molecule has 4 heteroatoms. The van der Waals surface area contributed by atoms with Gasteiger partial charge in [-0.05, 0) is 37.5 Å². The molecular weight excluding hydrogens is 324 g/mol. The van der Waals surface area contributed by atoms with Crippen LogP contribution in [0.15, 0.2) is 54.6 Å². The summed E-state index contributed by atoms with van der Waals surface area (Å²) in [4.78, 5) is 28.9. The molecule has 0 N–H and O–H groups in total. The van der Waals surface area contributed by atoms with Crippen LogP contribution in [-0.2, 0) is 11.2 Å². The minimum Gasteiger partial charge on any atom is -0.341 e. The summed E-state index contributed by atoms with van der Waals surface area (Å²) in [5.41, 5.74) is 3.14. The number of rotatable bonds is 4. The van der Waals surface area contributed by atoms with E-state index in [1.807, 2.05) is 46.2 Å². The van der Waals surface area contributed by atoms with Crippen LogP contribution in [0.3, 0.4) is 0 Å². The molecule has 0 aliphatic carbocycles. The molecule has 26 heavy (non-hydrogen) atoms. The maximum absolute atomic E-state index is 12.6. The molecule has 0 saturated carbocycles. The molecule has 136 valence electrons. The normalized spacial score (nSPS) is 14.8. The van der Waals surface area contributed by atoms with E-state index in [0.717, 1.165) is 19.4 Å². The molecule has 1 heterocycles. The Morgan fingerprint density at radius 2 is 1.62 bits per heavy atom. The maximum Gasteiger partial charge on any atom is 0.253 e. The molecule has 2 aromatic carbocycles. The van der Waals surface area contributed by atoms with E-state index in [-0.39, 0.29) is 11.8 Å². The highest BCUT2D eigenvalue weighted by Gasteiger charge is 2.22. The molecule has 0 spiro atoms. The number of hydrogen-bond acceptors (Lipinski definition) is 2. The van der Waals surface area contributed by atoms with Crippen molar-refractivity contribution < 1.29 is 9.59 Å². The first-order chi connectivity index (χ1) is 12.6. The largest absolute Gasteiger partial charge is 0.341 e. The van der Waals surface area contributed by atoms with Gasteiger partial charge in [-0.15, -0.1) is 0 Å². The van der Waals surface area contributed by atoms with Gasteiger partial charge in [0, 0.05) is 38.2 Å². The van der Waals surface area contributed by atoms with Gasteiger partial charge in [-0.25, -0.2) is 0 Å². The average Bonchev–Trinajstić information content (AvgIpc) is 2.92. The third-order valence-electron chi connectivity index (χ3n) is 4.87. The summed E-state index contributed by atoms with van der Waals surface area (Å²) in [6.45, 7) is 4.72. The Morgan fingerprint density at radius 1 is 0.885 bits per heavy atom. The van der Waals surface area contributed by atoms with E-state index < -0.39 is 0 Å². The quantitative estimate of drug-likeness (QED) is 0.849. The summed E-state index contributed by atoms with van der Waals surface area (Å²) in [7, 11) is 0. The topological polar surface area (TPSA) is 40.6 Å². The van der Waals surface area contributed by atoms with Gasteiger partial charge in [0.25, 0.3) is 5.91 Å². The predicted octanol–water partition coefficient (Wildman–Crippen LogP) is 3.30. The van der Waals surface area contributed by atoms with Gasteiger partial charge in [-0.3, -0.25) is 9.59 Å². The summed E-state index contributed by atoms with van der Waals surface area (Å²) < 4.78 is 0. The van der Waals surface area contributed by atoms with Crippen molar-refractivity contribution >= 4 is 11.8 Å². The fourth-order valence-electron chi connectivity index (χ4n) is 3.41. The van der Waals surface area contributed by atoms with E-state index in [0.29, 0.717) is 31.6 Å². The van der Waals surface area contributed by atoms with Crippen molar-refractivity contribution in [2.24, 2.45) is 0 Å². The lowest BCUT2D eigenvalue weighted by Gasteiger charge is -2.22. The van der Waals surface area contributed by atoms with Crippen LogP contribution >= 0.6 is 0 Å². The van der Waals surface area contributed by atoms with Gasteiger partial charge in [-0.1, -0.05) is 48.0 Å². The van der Waals surface area contributed by atoms with Crippen LogP contribution in [0, 0.1) is 6.92 Å². The van der Waals surface area contributed by atoms with E-state index in [2.05, 4.69) is 25.1 Å². The van der Waals surface area contributed by atoms with Crippen molar-refractivity contribution in [2.45, 2.75) is 26.2 Å². The zero-order chi connectivity index (χ0) is 18.4. The summed E-state index contributed by atoms with van der Waals surface area (Å²) in [6, 6.07) is 17.7. The van der Waals surface area contributed by atoms with Crippen molar-refractivity contribution in [3.05, 3.63) is 71.3 Å². The molecule has 0 aromatic heterocycles. The van der Waals surface area contributed by atoms with E-state index in [4.69, 9.17) is 0 Å². The van der Waals surface area contributed by atoms with Crippen molar-refractivity contribution in [1.29, 1.82) is 0 Å². The molecule has 2 amide bonds. The number of carbonyl (C=O) groups excluding carboxylic acids is 2. The molecule has 1 fully saturated rings. The SMILES string of the molecule is Cc1cccc(CCC(=O)N2CCCN(C(=O)c3ccccc3)CC2)c1. The Balaban J connectivity index is 1.53. The molecule has 4 nitrogen and oxygen atoms in total. The Morgan fingerprint density at radius 3 is 2.38 bits per heavy atom. The first-order valence-electron chi connectivity index (χ1n) is 9.31. The van der Waals surface area contributed by atoms with Gasteiger partial charge in [0.2, 0.25) is 5.91 Å². The van der Waals surface area contributed by atoms with E-state index in [1.54, 1.807) is 0 Å². The van der Waals surface area contributed by atoms with Crippen molar-refractivity contribution in [3.8, 4) is 0 Å².